The Morgan fingerprint density at radius 1 is 1.21 bits per heavy atom. The van der Waals surface area contributed by atoms with Gasteiger partial charge in [-0.15, -0.1) is 0 Å². The molecular weight excluding hydrogens is 268 g/mol. The van der Waals surface area contributed by atoms with E-state index in [1.807, 2.05) is 0 Å². The molecule has 0 fully saturated rings. The van der Waals surface area contributed by atoms with Crippen LogP contribution in [0.2, 0.25) is 0 Å². The summed E-state index contributed by atoms with van der Waals surface area (Å²) in [5.74, 6) is 0. The van der Waals surface area contributed by atoms with Gasteiger partial charge in [-0.25, -0.2) is 0 Å². The highest BCUT2D eigenvalue weighted by Gasteiger charge is 2.03. The number of anilines is 1. The first-order valence-electron chi connectivity index (χ1n) is 5.31. The summed E-state index contributed by atoms with van der Waals surface area (Å²) in [5.41, 5.74) is 4.08. The molecule has 1 aromatic heterocycles. The highest BCUT2D eigenvalue weighted by atomic mass is 35.5. The molecule has 0 amide bonds. The normalized spacial score (nSPS) is 11.1. The van der Waals surface area contributed by atoms with Gasteiger partial charge in [-0.05, 0) is 24.3 Å². The molecule has 0 saturated heterocycles. The number of nitro groups is 1. The quantitative estimate of drug-likeness (QED) is 0.529. The number of non-ortho nitro benzene ring substituents is 1. The minimum Gasteiger partial charge on any atom is -0.277 e. The van der Waals surface area contributed by atoms with Gasteiger partial charge in [-0.1, -0.05) is 11.6 Å². The largest absolute Gasteiger partial charge is 0.277 e. The van der Waals surface area contributed by atoms with Crippen LogP contribution in [0.25, 0.3) is 0 Å². The number of nitrogens with zero attached hydrogens (tertiary/aromatic N) is 3. The zero-order chi connectivity index (χ0) is 13.7. The van der Waals surface area contributed by atoms with E-state index in [2.05, 4.69) is 15.5 Å². The monoisotopic (exact) mass is 276 g/mol. The average molecular weight is 277 g/mol. The van der Waals surface area contributed by atoms with Crippen LogP contribution in [0.1, 0.15) is 5.56 Å². The SMILES string of the molecule is O=[N+]([O-])c1ccc(N/N=C(\Cl)c2ccncc2)cc1. The zero-order valence-corrected chi connectivity index (χ0v) is 10.4. The molecule has 0 saturated carbocycles. The van der Waals surface area contributed by atoms with Crippen LogP contribution in [-0.4, -0.2) is 15.1 Å². The first-order chi connectivity index (χ1) is 9.16. The van der Waals surface area contributed by atoms with Crippen molar-refractivity contribution in [1.82, 2.24) is 4.98 Å². The summed E-state index contributed by atoms with van der Waals surface area (Å²) < 4.78 is 0. The molecule has 7 heteroatoms. The lowest BCUT2D eigenvalue weighted by Crippen LogP contribution is -1.97. The molecule has 2 aromatic rings. The predicted octanol–water partition coefficient (Wildman–Crippen LogP) is 3.00. The number of hydrogen-bond acceptors (Lipinski definition) is 5. The van der Waals surface area contributed by atoms with Crippen molar-refractivity contribution in [3.05, 3.63) is 64.5 Å². The molecule has 0 spiro atoms. The fourth-order valence-corrected chi connectivity index (χ4v) is 1.49. The van der Waals surface area contributed by atoms with Crippen LogP contribution >= 0.6 is 11.6 Å². The summed E-state index contributed by atoms with van der Waals surface area (Å²) in [5, 5.41) is 14.7. The average Bonchev–Trinajstić information content (AvgIpc) is 2.46. The van der Waals surface area contributed by atoms with Crippen LogP contribution in [0.3, 0.4) is 0 Å². The van der Waals surface area contributed by atoms with E-state index in [4.69, 9.17) is 11.6 Å². The second-order valence-corrected chi connectivity index (χ2v) is 3.91. The molecular formula is C12H9ClN4O2. The van der Waals surface area contributed by atoms with E-state index in [9.17, 15) is 10.1 Å². The highest BCUT2D eigenvalue weighted by molar-refractivity contribution is 6.69. The number of nitro benzene ring substituents is 1. The van der Waals surface area contributed by atoms with Gasteiger partial charge >= 0.3 is 0 Å². The molecule has 6 nitrogen and oxygen atoms in total. The van der Waals surface area contributed by atoms with Crippen LogP contribution < -0.4 is 5.43 Å². The van der Waals surface area contributed by atoms with Gasteiger partial charge < -0.3 is 0 Å². The van der Waals surface area contributed by atoms with Gasteiger partial charge in [0.25, 0.3) is 5.69 Å². The molecule has 0 atom stereocenters. The van der Waals surface area contributed by atoms with Crippen molar-refractivity contribution >= 4 is 28.1 Å². The van der Waals surface area contributed by atoms with E-state index in [-0.39, 0.29) is 10.9 Å². The Morgan fingerprint density at radius 3 is 2.42 bits per heavy atom. The lowest BCUT2D eigenvalue weighted by atomic mass is 10.3. The second kappa shape index (κ2) is 5.92. The number of hydrogen-bond donors (Lipinski definition) is 1. The van der Waals surface area contributed by atoms with E-state index in [0.29, 0.717) is 5.69 Å². The van der Waals surface area contributed by atoms with Gasteiger partial charge in [0.15, 0.2) is 5.17 Å². The van der Waals surface area contributed by atoms with E-state index in [0.717, 1.165) is 5.56 Å². The third kappa shape index (κ3) is 3.49. The minimum absolute atomic E-state index is 0.0229. The summed E-state index contributed by atoms with van der Waals surface area (Å²) in [6, 6.07) is 9.33. The summed E-state index contributed by atoms with van der Waals surface area (Å²) >= 11 is 5.99. The van der Waals surface area contributed by atoms with Crippen molar-refractivity contribution in [3.8, 4) is 0 Å². The Hall–Kier alpha value is -2.47. The molecule has 0 aliphatic heterocycles. The zero-order valence-electron chi connectivity index (χ0n) is 9.65. The van der Waals surface area contributed by atoms with Gasteiger partial charge in [0, 0.05) is 30.1 Å². The fraction of sp³-hybridized carbons (Fsp3) is 0. The fourth-order valence-electron chi connectivity index (χ4n) is 1.33. The van der Waals surface area contributed by atoms with Crippen molar-refractivity contribution < 1.29 is 4.92 Å². The molecule has 19 heavy (non-hydrogen) atoms. The molecule has 0 bridgehead atoms. The molecule has 2 rings (SSSR count). The number of nitrogens with one attached hydrogen (secondary N) is 1. The molecule has 0 aliphatic carbocycles. The number of rotatable bonds is 4. The predicted molar refractivity (Wildman–Crippen MR) is 73.3 cm³/mol. The molecule has 1 aromatic carbocycles. The van der Waals surface area contributed by atoms with Gasteiger partial charge in [-0.3, -0.25) is 20.5 Å². The van der Waals surface area contributed by atoms with Gasteiger partial charge in [-0.2, -0.15) is 5.10 Å². The van der Waals surface area contributed by atoms with Crippen molar-refractivity contribution in [1.29, 1.82) is 0 Å². The van der Waals surface area contributed by atoms with E-state index in [1.54, 1.807) is 36.7 Å². The maximum atomic E-state index is 10.5. The molecule has 1 heterocycles. The minimum atomic E-state index is -0.461. The summed E-state index contributed by atoms with van der Waals surface area (Å²) in [6.45, 7) is 0. The van der Waals surface area contributed by atoms with Crippen LogP contribution in [-0.2, 0) is 0 Å². The van der Waals surface area contributed by atoms with Crippen LogP contribution in [0, 0.1) is 10.1 Å². The van der Waals surface area contributed by atoms with E-state index < -0.39 is 4.92 Å². The number of pyridine rings is 1. The van der Waals surface area contributed by atoms with Gasteiger partial charge in [0.2, 0.25) is 0 Å². The third-order valence-electron chi connectivity index (χ3n) is 2.28. The lowest BCUT2D eigenvalue weighted by Gasteiger charge is -2.01. The molecule has 0 unspecified atom stereocenters. The Bertz CT molecular complexity index is 599. The number of aromatic nitrogens is 1. The number of halogens is 1. The van der Waals surface area contributed by atoms with Crippen LogP contribution in [0.5, 0.6) is 0 Å². The standard InChI is InChI=1S/C12H9ClN4O2/c13-12(9-5-7-14-8-6-9)16-15-10-1-3-11(4-2-10)17(18)19/h1-8,15H/b16-12-. The van der Waals surface area contributed by atoms with Gasteiger partial charge in [0.05, 0.1) is 10.6 Å². The van der Waals surface area contributed by atoms with Gasteiger partial charge in [0.1, 0.15) is 0 Å². The Kier molecular flexibility index (Phi) is 4.04. The highest BCUT2D eigenvalue weighted by Crippen LogP contribution is 2.15. The number of hydrazone groups is 1. The second-order valence-electron chi connectivity index (χ2n) is 3.55. The Balaban J connectivity index is 2.08. The summed E-state index contributed by atoms with van der Waals surface area (Å²) in [4.78, 5) is 13.9. The Morgan fingerprint density at radius 2 is 1.84 bits per heavy atom. The van der Waals surface area contributed by atoms with Crippen molar-refractivity contribution in [2.75, 3.05) is 5.43 Å². The summed E-state index contributed by atoms with van der Waals surface area (Å²) in [6.07, 6.45) is 3.22. The Labute approximate surface area is 113 Å². The molecule has 0 radical (unpaired) electrons. The van der Waals surface area contributed by atoms with Crippen LogP contribution in [0.4, 0.5) is 11.4 Å². The van der Waals surface area contributed by atoms with Crippen LogP contribution in [0.15, 0.2) is 53.9 Å². The number of benzene rings is 1. The van der Waals surface area contributed by atoms with E-state index in [1.165, 1.54) is 12.1 Å². The van der Waals surface area contributed by atoms with Crippen molar-refractivity contribution in [3.63, 3.8) is 0 Å². The first kappa shape index (κ1) is 13.0. The van der Waals surface area contributed by atoms with Crippen molar-refractivity contribution in [2.45, 2.75) is 0 Å². The maximum Gasteiger partial charge on any atom is 0.269 e. The van der Waals surface area contributed by atoms with E-state index >= 15 is 0 Å². The molecule has 0 aliphatic rings. The lowest BCUT2D eigenvalue weighted by molar-refractivity contribution is -0.384. The first-order valence-corrected chi connectivity index (χ1v) is 5.68. The third-order valence-corrected chi connectivity index (χ3v) is 2.58. The summed E-state index contributed by atoms with van der Waals surface area (Å²) in [7, 11) is 0. The topological polar surface area (TPSA) is 80.4 Å². The molecule has 96 valence electrons. The van der Waals surface area contributed by atoms with Crippen molar-refractivity contribution in [2.24, 2.45) is 5.10 Å². The maximum absolute atomic E-state index is 10.5. The smallest absolute Gasteiger partial charge is 0.269 e. The molecule has 1 N–H and O–H groups in total.